The molecule has 0 fully saturated rings. The molecule has 0 heterocycles. The molecule has 192 valence electrons. The Morgan fingerprint density at radius 2 is 1.77 bits per heavy atom. The van der Waals surface area contributed by atoms with Crippen LogP contribution in [0.25, 0.3) is 0 Å². The van der Waals surface area contributed by atoms with E-state index in [-0.39, 0.29) is 31.3 Å². The summed E-state index contributed by atoms with van der Waals surface area (Å²) in [6.45, 7) is 8.34. The SMILES string of the molecule is CCCNC(=O)[C@H](C)N(Cc1ccccc1Cl)C(=O)CCCN(c1cccc(C)c1C)S(C)(=O)=O. The van der Waals surface area contributed by atoms with E-state index in [1.54, 1.807) is 19.1 Å². The van der Waals surface area contributed by atoms with E-state index in [1.165, 1.54) is 15.5 Å². The number of rotatable bonds is 12. The van der Waals surface area contributed by atoms with Gasteiger partial charge >= 0.3 is 0 Å². The number of nitrogens with one attached hydrogen (secondary N) is 1. The molecule has 2 rings (SSSR count). The fourth-order valence-corrected chi connectivity index (χ4v) is 4.99. The van der Waals surface area contributed by atoms with Crippen LogP contribution in [-0.2, 0) is 26.2 Å². The normalized spacial score (nSPS) is 12.2. The molecule has 9 heteroatoms. The van der Waals surface area contributed by atoms with Crippen LogP contribution in [0.5, 0.6) is 0 Å². The van der Waals surface area contributed by atoms with Crippen LogP contribution in [0.4, 0.5) is 5.69 Å². The fraction of sp³-hybridized carbons (Fsp3) is 0.462. The van der Waals surface area contributed by atoms with Gasteiger partial charge in [0.15, 0.2) is 0 Å². The van der Waals surface area contributed by atoms with Crippen LogP contribution in [0.2, 0.25) is 5.02 Å². The van der Waals surface area contributed by atoms with Crippen molar-refractivity contribution < 1.29 is 18.0 Å². The molecule has 1 atom stereocenters. The maximum Gasteiger partial charge on any atom is 0.242 e. The molecule has 0 saturated heterocycles. The molecule has 0 aliphatic heterocycles. The molecular weight excluding hydrogens is 486 g/mol. The zero-order valence-corrected chi connectivity index (χ0v) is 22.7. The number of sulfonamides is 1. The Morgan fingerprint density at radius 1 is 1.09 bits per heavy atom. The number of aryl methyl sites for hydroxylation is 1. The molecule has 2 amide bonds. The van der Waals surface area contributed by atoms with Crippen LogP contribution in [0, 0.1) is 13.8 Å². The number of hydrogen-bond donors (Lipinski definition) is 1. The highest BCUT2D eigenvalue weighted by molar-refractivity contribution is 7.92. The van der Waals surface area contributed by atoms with Crippen LogP contribution >= 0.6 is 11.6 Å². The summed E-state index contributed by atoms with van der Waals surface area (Å²) >= 11 is 6.32. The molecule has 35 heavy (non-hydrogen) atoms. The Kier molecular flexibility index (Phi) is 10.6. The summed E-state index contributed by atoms with van der Waals surface area (Å²) in [5.41, 5.74) is 3.22. The Morgan fingerprint density at radius 3 is 2.40 bits per heavy atom. The third-order valence-electron chi connectivity index (χ3n) is 6.01. The van der Waals surface area contributed by atoms with E-state index in [4.69, 9.17) is 11.6 Å². The zero-order valence-electron chi connectivity index (χ0n) is 21.2. The highest BCUT2D eigenvalue weighted by Gasteiger charge is 2.27. The van der Waals surface area contributed by atoms with Gasteiger partial charge in [0, 0.05) is 31.1 Å². The maximum absolute atomic E-state index is 13.3. The Bertz CT molecular complexity index is 1140. The monoisotopic (exact) mass is 521 g/mol. The van der Waals surface area contributed by atoms with Gasteiger partial charge in [-0.15, -0.1) is 0 Å². The highest BCUT2D eigenvalue weighted by Crippen LogP contribution is 2.26. The van der Waals surface area contributed by atoms with E-state index in [9.17, 15) is 18.0 Å². The van der Waals surface area contributed by atoms with Crippen LogP contribution in [0.3, 0.4) is 0 Å². The first-order valence-corrected chi connectivity index (χ1v) is 14.0. The lowest BCUT2D eigenvalue weighted by molar-refractivity contribution is -0.140. The summed E-state index contributed by atoms with van der Waals surface area (Å²) < 4.78 is 26.4. The van der Waals surface area contributed by atoms with Gasteiger partial charge in [-0.1, -0.05) is 48.9 Å². The maximum atomic E-state index is 13.3. The van der Waals surface area contributed by atoms with Crippen LogP contribution in [-0.4, -0.2) is 50.5 Å². The third kappa shape index (κ3) is 7.97. The second-order valence-corrected chi connectivity index (χ2v) is 11.1. The van der Waals surface area contributed by atoms with Crippen LogP contribution in [0.1, 0.15) is 49.8 Å². The molecular formula is C26H36ClN3O4S. The Balaban J connectivity index is 2.20. The summed E-state index contributed by atoms with van der Waals surface area (Å²) in [6.07, 6.45) is 2.35. The minimum absolute atomic E-state index is 0.0900. The van der Waals surface area contributed by atoms with E-state index < -0.39 is 16.1 Å². The summed E-state index contributed by atoms with van der Waals surface area (Å²) in [7, 11) is -3.54. The van der Waals surface area contributed by atoms with E-state index >= 15 is 0 Å². The molecule has 0 radical (unpaired) electrons. The molecule has 0 aromatic heterocycles. The number of carbonyl (C=O) groups excluding carboxylic acids is 2. The number of hydrogen-bond acceptors (Lipinski definition) is 4. The number of amides is 2. The van der Waals surface area contributed by atoms with Crippen molar-refractivity contribution in [2.24, 2.45) is 0 Å². The van der Waals surface area contributed by atoms with Crippen molar-refractivity contribution in [3.05, 3.63) is 64.2 Å². The summed E-state index contributed by atoms with van der Waals surface area (Å²) in [6, 6.07) is 12.0. The number of halogens is 1. The lowest BCUT2D eigenvalue weighted by Crippen LogP contribution is -2.48. The molecule has 0 unspecified atom stereocenters. The molecule has 0 aliphatic rings. The second kappa shape index (κ2) is 12.9. The van der Waals surface area contributed by atoms with Gasteiger partial charge in [-0.2, -0.15) is 0 Å². The molecule has 0 bridgehead atoms. The van der Waals surface area contributed by atoms with Gasteiger partial charge in [0.05, 0.1) is 11.9 Å². The van der Waals surface area contributed by atoms with Gasteiger partial charge in [0.25, 0.3) is 0 Å². The predicted octanol–water partition coefficient (Wildman–Crippen LogP) is 4.45. The molecule has 7 nitrogen and oxygen atoms in total. The number of carbonyl (C=O) groups is 2. The first-order chi connectivity index (χ1) is 16.5. The molecule has 1 N–H and O–H groups in total. The molecule has 2 aromatic carbocycles. The second-order valence-electron chi connectivity index (χ2n) is 8.74. The van der Waals surface area contributed by atoms with Gasteiger partial charge in [-0.3, -0.25) is 13.9 Å². The standard InChI is InChI=1S/C26H36ClN3O4S/c1-6-16-28-26(32)21(4)29(18-22-12-7-8-13-23(22)27)25(31)15-10-17-30(35(5,33)34)24-14-9-11-19(2)20(24)3/h7-9,11-14,21H,6,10,15-18H2,1-5H3,(H,28,32)/t21-/m0/s1. The number of benzene rings is 2. The van der Waals surface area contributed by atoms with E-state index in [1.807, 2.05) is 51.1 Å². The molecule has 0 spiro atoms. The number of anilines is 1. The predicted molar refractivity (Wildman–Crippen MR) is 142 cm³/mol. The lowest BCUT2D eigenvalue weighted by atomic mass is 10.1. The van der Waals surface area contributed by atoms with Gasteiger partial charge in [0.2, 0.25) is 21.8 Å². The van der Waals surface area contributed by atoms with Crippen molar-refractivity contribution in [2.45, 2.75) is 59.5 Å². The van der Waals surface area contributed by atoms with Crippen molar-refractivity contribution >= 4 is 39.1 Å². The zero-order chi connectivity index (χ0) is 26.2. The first-order valence-electron chi connectivity index (χ1n) is 11.8. The van der Waals surface area contributed by atoms with Crippen molar-refractivity contribution in [3.8, 4) is 0 Å². The highest BCUT2D eigenvalue weighted by atomic mass is 35.5. The van der Waals surface area contributed by atoms with Crippen LogP contribution < -0.4 is 9.62 Å². The molecule has 0 aliphatic carbocycles. The largest absolute Gasteiger partial charge is 0.354 e. The number of nitrogens with zero attached hydrogens (tertiary/aromatic N) is 2. The first kappa shape index (κ1) is 28.7. The lowest BCUT2D eigenvalue weighted by Gasteiger charge is -2.30. The Labute approximate surface area is 214 Å². The van der Waals surface area contributed by atoms with Gasteiger partial charge in [0.1, 0.15) is 6.04 Å². The van der Waals surface area contributed by atoms with Gasteiger partial charge in [-0.25, -0.2) is 8.42 Å². The van der Waals surface area contributed by atoms with Gasteiger partial charge in [-0.05, 0) is 62.4 Å². The van der Waals surface area contributed by atoms with Crippen molar-refractivity contribution in [3.63, 3.8) is 0 Å². The van der Waals surface area contributed by atoms with Crippen molar-refractivity contribution in [2.75, 3.05) is 23.7 Å². The van der Waals surface area contributed by atoms with E-state index in [0.717, 1.165) is 23.1 Å². The summed E-state index contributed by atoms with van der Waals surface area (Å²) in [4.78, 5) is 27.5. The third-order valence-corrected chi connectivity index (χ3v) is 7.56. The van der Waals surface area contributed by atoms with E-state index in [0.29, 0.717) is 23.7 Å². The molecule has 2 aromatic rings. The van der Waals surface area contributed by atoms with Crippen molar-refractivity contribution in [1.29, 1.82) is 0 Å². The minimum Gasteiger partial charge on any atom is -0.354 e. The summed E-state index contributed by atoms with van der Waals surface area (Å²) in [5.74, 6) is -0.473. The minimum atomic E-state index is -3.54. The van der Waals surface area contributed by atoms with Gasteiger partial charge < -0.3 is 10.2 Å². The Hall–Kier alpha value is -2.58. The van der Waals surface area contributed by atoms with E-state index in [2.05, 4.69) is 5.32 Å². The quantitative estimate of drug-likeness (QED) is 0.447. The smallest absolute Gasteiger partial charge is 0.242 e. The van der Waals surface area contributed by atoms with Crippen LogP contribution in [0.15, 0.2) is 42.5 Å². The average Bonchev–Trinajstić information content (AvgIpc) is 2.80. The topological polar surface area (TPSA) is 86.8 Å². The summed E-state index contributed by atoms with van der Waals surface area (Å²) in [5, 5.41) is 3.36. The van der Waals surface area contributed by atoms with Crippen molar-refractivity contribution in [1.82, 2.24) is 10.2 Å². The molecule has 0 saturated carbocycles. The fourth-order valence-electron chi connectivity index (χ4n) is 3.78. The average molecular weight is 522 g/mol.